The first-order valence-electron chi connectivity index (χ1n) is 6.40. The third-order valence-corrected chi connectivity index (χ3v) is 2.72. The Balaban J connectivity index is 1.66. The van der Waals surface area contributed by atoms with Gasteiger partial charge in [0.25, 0.3) is 0 Å². The van der Waals surface area contributed by atoms with Crippen molar-refractivity contribution < 1.29 is 9.18 Å². The highest BCUT2D eigenvalue weighted by Gasteiger charge is 2.01. The second kappa shape index (κ2) is 7.23. The van der Waals surface area contributed by atoms with Crippen LogP contribution < -0.4 is 10.6 Å². The summed E-state index contributed by atoms with van der Waals surface area (Å²) in [6, 6.07) is 11.6. The lowest BCUT2D eigenvalue weighted by molar-refractivity contribution is -0.121. The van der Waals surface area contributed by atoms with Gasteiger partial charge in [-0.25, -0.2) is 4.39 Å². The first-order chi connectivity index (χ1) is 9.74. The van der Waals surface area contributed by atoms with Crippen molar-refractivity contribution >= 4 is 11.6 Å². The molecule has 0 aliphatic rings. The minimum Gasteiger partial charge on any atom is -0.385 e. The Kier molecular flexibility index (Phi) is 5.06. The van der Waals surface area contributed by atoms with E-state index in [0.717, 1.165) is 11.4 Å². The molecule has 0 unspecified atom stereocenters. The summed E-state index contributed by atoms with van der Waals surface area (Å²) in [4.78, 5) is 15.7. The number of carbonyl (C=O) groups excluding carboxylic acids is 1. The molecule has 0 atom stereocenters. The summed E-state index contributed by atoms with van der Waals surface area (Å²) in [7, 11) is 0. The monoisotopic (exact) mass is 273 g/mol. The van der Waals surface area contributed by atoms with Gasteiger partial charge < -0.3 is 10.6 Å². The fourth-order valence-corrected chi connectivity index (χ4v) is 1.67. The molecule has 0 bridgehead atoms. The van der Waals surface area contributed by atoms with Crippen molar-refractivity contribution in [2.75, 3.05) is 11.9 Å². The van der Waals surface area contributed by atoms with Gasteiger partial charge in [-0.1, -0.05) is 6.07 Å². The lowest BCUT2D eigenvalue weighted by Crippen LogP contribution is -2.25. The minimum atomic E-state index is -0.274. The molecular weight excluding hydrogens is 257 g/mol. The number of anilines is 1. The molecule has 2 aromatic rings. The third kappa shape index (κ3) is 4.68. The van der Waals surface area contributed by atoms with E-state index < -0.39 is 0 Å². The van der Waals surface area contributed by atoms with Crippen LogP contribution in [0.15, 0.2) is 48.7 Å². The van der Waals surface area contributed by atoms with Crippen molar-refractivity contribution in [1.82, 2.24) is 10.3 Å². The van der Waals surface area contributed by atoms with Gasteiger partial charge in [-0.15, -0.1) is 0 Å². The number of benzene rings is 1. The molecule has 104 valence electrons. The number of halogens is 1. The minimum absolute atomic E-state index is 0.0507. The fourth-order valence-electron chi connectivity index (χ4n) is 1.67. The standard InChI is InChI=1S/C15H16FN3O/c16-12-4-6-13(7-5-12)18-10-8-15(20)19-11-14-3-1-2-9-17-14/h1-7,9,18H,8,10-11H2,(H,19,20). The van der Waals surface area contributed by atoms with Crippen molar-refractivity contribution in [3.63, 3.8) is 0 Å². The van der Waals surface area contributed by atoms with Gasteiger partial charge in [-0.3, -0.25) is 9.78 Å². The van der Waals surface area contributed by atoms with Crippen molar-refractivity contribution in [1.29, 1.82) is 0 Å². The second-order valence-electron chi connectivity index (χ2n) is 4.28. The molecule has 0 aliphatic heterocycles. The number of aromatic nitrogens is 1. The van der Waals surface area contributed by atoms with Crippen LogP contribution in [0.4, 0.5) is 10.1 Å². The molecular formula is C15H16FN3O. The largest absolute Gasteiger partial charge is 0.385 e. The third-order valence-electron chi connectivity index (χ3n) is 2.72. The van der Waals surface area contributed by atoms with E-state index in [0.29, 0.717) is 19.5 Å². The average Bonchev–Trinajstić information content (AvgIpc) is 2.48. The Hall–Kier alpha value is -2.43. The number of pyridine rings is 1. The van der Waals surface area contributed by atoms with E-state index in [1.54, 1.807) is 18.3 Å². The highest BCUT2D eigenvalue weighted by molar-refractivity contribution is 5.76. The molecule has 1 heterocycles. The molecule has 0 aliphatic carbocycles. The number of rotatable bonds is 6. The predicted molar refractivity (Wildman–Crippen MR) is 75.6 cm³/mol. The smallest absolute Gasteiger partial charge is 0.222 e. The van der Waals surface area contributed by atoms with Gasteiger partial charge in [0.15, 0.2) is 0 Å². The number of carbonyl (C=O) groups is 1. The second-order valence-corrected chi connectivity index (χ2v) is 4.28. The van der Waals surface area contributed by atoms with Gasteiger partial charge in [-0.2, -0.15) is 0 Å². The van der Waals surface area contributed by atoms with Gasteiger partial charge in [0.05, 0.1) is 12.2 Å². The van der Waals surface area contributed by atoms with Crippen LogP contribution in [0.1, 0.15) is 12.1 Å². The molecule has 4 nitrogen and oxygen atoms in total. The maximum absolute atomic E-state index is 12.7. The van der Waals surface area contributed by atoms with Crippen LogP contribution in [0.25, 0.3) is 0 Å². The van der Waals surface area contributed by atoms with E-state index in [1.807, 2.05) is 18.2 Å². The molecule has 0 radical (unpaired) electrons. The van der Waals surface area contributed by atoms with E-state index in [2.05, 4.69) is 15.6 Å². The summed E-state index contributed by atoms with van der Waals surface area (Å²) in [5.74, 6) is -0.325. The Morgan fingerprint density at radius 2 is 1.95 bits per heavy atom. The van der Waals surface area contributed by atoms with E-state index >= 15 is 0 Å². The Bertz CT molecular complexity index is 543. The summed E-state index contributed by atoms with van der Waals surface area (Å²) < 4.78 is 12.7. The van der Waals surface area contributed by atoms with E-state index in [4.69, 9.17) is 0 Å². The maximum atomic E-state index is 12.7. The van der Waals surface area contributed by atoms with Gasteiger partial charge >= 0.3 is 0 Å². The quantitative estimate of drug-likeness (QED) is 0.849. The summed E-state index contributed by atoms with van der Waals surface area (Å²) in [6.45, 7) is 0.926. The molecule has 1 aromatic carbocycles. The molecule has 0 saturated carbocycles. The van der Waals surface area contributed by atoms with Crippen LogP contribution in [0, 0.1) is 5.82 Å². The van der Waals surface area contributed by atoms with Gasteiger partial charge in [0, 0.05) is 24.8 Å². The summed E-state index contributed by atoms with van der Waals surface area (Å²) in [5.41, 5.74) is 1.62. The van der Waals surface area contributed by atoms with Gasteiger partial charge in [0.1, 0.15) is 5.82 Å². The van der Waals surface area contributed by atoms with Gasteiger partial charge in [-0.05, 0) is 36.4 Å². The van der Waals surface area contributed by atoms with E-state index in [1.165, 1.54) is 12.1 Å². The number of hydrogen-bond donors (Lipinski definition) is 2. The van der Waals surface area contributed by atoms with Crippen LogP contribution in [0.3, 0.4) is 0 Å². The zero-order valence-corrected chi connectivity index (χ0v) is 11.0. The molecule has 0 saturated heterocycles. The van der Waals surface area contributed by atoms with Crippen LogP contribution >= 0.6 is 0 Å². The van der Waals surface area contributed by atoms with Crippen molar-refractivity contribution in [3.8, 4) is 0 Å². The van der Waals surface area contributed by atoms with Crippen molar-refractivity contribution in [2.45, 2.75) is 13.0 Å². The number of nitrogens with one attached hydrogen (secondary N) is 2. The van der Waals surface area contributed by atoms with Gasteiger partial charge in [0.2, 0.25) is 5.91 Å². The highest BCUT2D eigenvalue weighted by Crippen LogP contribution is 2.07. The molecule has 0 fully saturated rings. The maximum Gasteiger partial charge on any atom is 0.222 e. The average molecular weight is 273 g/mol. The summed E-state index contributed by atoms with van der Waals surface area (Å²) in [5, 5.41) is 5.85. The first kappa shape index (κ1) is 14.0. The van der Waals surface area contributed by atoms with Crippen molar-refractivity contribution in [2.24, 2.45) is 0 Å². The lowest BCUT2D eigenvalue weighted by atomic mass is 10.3. The molecule has 1 amide bonds. The normalized spacial score (nSPS) is 10.1. The number of nitrogens with zero attached hydrogens (tertiary/aromatic N) is 1. The first-order valence-corrected chi connectivity index (χ1v) is 6.40. The van der Waals surface area contributed by atoms with Crippen molar-refractivity contribution in [3.05, 3.63) is 60.2 Å². The molecule has 1 aromatic heterocycles. The molecule has 2 N–H and O–H groups in total. The van der Waals surface area contributed by atoms with E-state index in [9.17, 15) is 9.18 Å². The van der Waals surface area contributed by atoms with Crippen LogP contribution in [0.2, 0.25) is 0 Å². The molecule has 0 spiro atoms. The predicted octanol–water partition coefficient (Wildman–Crippen LogP) is 2.34. The topological polar surface area (TPSA) is 54.0 Å². The molecule has 5 heteroatoms. The zero-order valence-electron chi connectivity index (χ0n) is 11.0. The molecule has 20 heavy (non-hydrogen) atoms. The van der Waals surface area contributed by atoms with Crippen LogP contribution in [-0.4, -0.2) is 17.4 Å². The number of hydrogen-bond acceptors (Lipinski definition) is 3. The summed E-state index contributed by atoms with van der Waals surface area (Å²) >= 11 is 0. The van der Waals surface area contributed by atoms with Crippen LogP contribution in [-0.2, 0) is 11.3 Å². The van der Waals surface area contributed by atoms with E-state index in [-0.39, 0.29) is 11.7 Å². The Morgan fingerprint density at radius 1 is 1.15 bits per heavy atom. The zero-order chi connectivity index (χ0) is 14.2. The van der Waals surface area contributed by atoms with Crippen LogP contribution in [0.5, 0.6) is 0 Å². The fraction of sp³-hybridized carbons (Fsp3) is 0.200. The number of amides is 1. The summed E-state index contributed by atoms with van der Waals surface area (Å²) in [6.07, 6.45) is 2.04. The Labute approximate surface area is 117 Å². The SMILES string of the molecule is O=C(CCNc1ccc(F)cc1)NCc1ccccn1. The molecule has 2 rings (SSSR count). The lowest BCUT2D eigenvalue weighted by Gasteiger charge is -2.07. The highest BCUT2D eigenvalue weighted by atomic mass is 19.1. The Morgan fingerprint density at radius 3 is 2.65 bits per heavy atom.